The van der Waals surface area contributed by atoms with Gasteiger partial charge in [-0.1, -0.05) is 47.7 Å². The van der Waals surface area contributed by atoms with Gasteiger partial charge < -0.3 is 9.64 Å². The van der Waals surface area contributed by atoms with Gasteiger partial charge in [0.1, 0.15) is 0 Å². The number of hydrogen-bond acceptors (Lipinski definition) is 7. The van der Waals surface area contributed by atoms with Crippen LogP contribution in [0.2, 0.25) is 0 Å². The normalized spacial score (nSPS) is 15.4. The molecule has 1 atom stereocenters. The molecular weight excluding hydrogens is 482 g/mol. The highest BCUT2D eigenvalue weighted by Crippen LogP contribution is 2.44. The van der Waals surface area contributed by atoms with Crippen molar-refractivity contribution in [3.63, 3.8) is 0 Å². The topological polar surface area (TPSA) is 88.1 Å². The first-order chi connectivity index (χ1) is 16.8. The molecule has 4 rings (SSSR count). The van der Waals surface area contributed by atoms with Crippen LogP contribution in [0, 0.1) is 13.8 Å². The maximum atomic E-state index is 13.1. The lowest BCUT2D eigenvalue weighted by atomic mass is 10.1. The molecule has 1 heterocycles. The number of nitrogens with zero attached hydrogens (tertiary/aromatic N) is 2. The molecule has 1 aliphatic rings. The molecule has 35 heavy (non-hydrogen) atoms. The molecule has 9 heteroatoms. The molecule has 0 radical (unpaired) electrons. The van der Waals surface area contributed by atoms with Crippen molar-refractivity contribution in [1.82, 2.24) is 0 Å². The summed E-state index contributed by atoms with van der Waals surface area (Å²) in [5.41, 5.74) is 3.28. The van der Waals surface area contributed by atoms with Gasteiger partial charge in [0, 0.05) is 24.1 Å². The van der Waals surface area contributed by atoms with Gasteiger partial charge in [0.25, 0.3) is 10.0 Å². The van der Waals surface area contributed by atoms with Gasteiger partial charge in [-0.3, -0.25) is 14.5 Å². The van der Waals surface area contributed by atoms with Crippen LogP contribution in [-0.2, 0) is 14.8 Å². The van der Waals surface area contributed by atoms with Crippen LogP contribution in [0.25, 0.3) is 0 Å². The molecule has 0 saturated heterocycles. The van der Waals surface area contributed by atoms with E-state index >= 15 is 0 Å². The first kappa shape index (κ1) is 25.0. The van der Waals surface area contributed by atoms with E-state index in [1.54, 1.807) is 55.3 Å². The van der Waals surface area contributed by atoms with E-state index in [0.717, 1.165) is 21.7 Å². The number of thioether (sulfide) groups is 1. The van der Waals surface area contributed by atoms with Crippen LogP contribution in [-0.4, -0.2) is 46.2 Å². The number of hydrogen-bond donors (Lipinski definition) is 1. The van der Waals surface area contributed by atoms with Crippen molar-refractivity contribution in [3.8, 4) is 0 Å². The number of ketones is 1. The van der Waals surface area contributed by atoms with Crippen molar-refractivity contribution >= 4 is 45.2 Å². The standard InChI is InChI=1S/C26H27N3O4S2/c1-18-8-11-20(12-9-18)35(31,32)28-22-7-5-4-6-21(22)24(30)17-27-26-29(14-15-33-3)23-13-10-19(2)16-25(23)34-26/h4-13,16-17,26,28H,14-15H2,1-3H3. The smallest absolute Gasteiger partial charge is 0.261 e. The largest absolute Gasteiger partial charge is 0.383 e. The third kappa shape index (κ3) is 5.75. The van der Waals surface area contributed by atoms with Gasteiger partial charge in [-0.25, -0.2) is 8.42 Å². The zero-order chi connectivity index (χ0) is 25.0. The number of Topliss-reactive ketones (excluding diaryl/α,β-unsaturated/α-hetero) is 1. The molecule has 182 valence electrons. The van der Waals surface area contributed by atoms with Gasteiger partial charge in [0.15, 0.2) is 5.50 Å². The van der Waals surface area contributed by atoms with E-state index in [0.29, 0.717) is 13.2 Å². The van der Waals surface area contributed by atoms with Crippen LogP contribution in [0.15, 0.2) is 81.5 Å². The number of aryl methyl sites for hydroxylation is 2. The zero-order valence-electron chi connectivity index (χ0n) is 19.8. The van der Waals surface area contributed by atoms with E-state index < -0.39 is 10.0 Å². The predicted octanol–water partition coefficient (Wildman–Crippen LogP) is 4.90. The van der Waals surface area contributed by atoms with E-state index in [-0.39, 0.29) is 27.4 Å². The Hall–Kier alpha value is -3.14. The fraction of sp³-hybridized carbons (Fsp3) is 0.231. The lowest BCUT2D eigenvalue weighted by Crippen LogP contribution is -2.31. The second-order valence-corrected chi connectivity index (χ2v) is 11.0. The minimum Gasteiger partial charge on any atom is -0.383 e. The lowest BCUT2D eigenvalue weighted by molar-refractivity contribution is 0.107. The number of sulfonamides is 1. The Balaban J connectivity index is 1.55. The number of carbonyl (C=O) groups excluding carboxylic acids is 1. The molecule has 1 unspecified atom stereocenters. The number of aliphatic imine (C=N–C) groups is 1. The maximum absolute atomic E-state index is 13.1. The first-order valence-corrected chi connectivity index (χ1v) is 13.4. The number of anilines is 2. The van der Waals surface area contributed by atoms with Crippen molar-refractivity contribution in [2.75, 3.05) is 29.9 Å². The average Bonchev–Trinajstić information content (AvgIpc) is 3.17. The summed E-state index contributed by atoms with van der Waals surface area (Å²) in [5, 5.41) is 0. The number of carbonyl (C=O) groups is 1. The second-order valence-electron chi connectivity index (χ2n) is 8.21. The van der Waals surface area contributed by atoms with Gasteiger partial charge in [0.05, 0.1) is 29.1 Å². The molecule has 0 saturated carbocycles. The number of rotatable bonds is 9. The van der Waals surface area contributed by atoms with Gasteiger partial charge in [-0.2, -0.15) is 0 Å². The third-order valence-electron chi connectivity index (χ3n) is 5.55. The maximum Gasteiger partial charge on any atom is 0.261 e. The molecule has 3 aromatic carbocycles. The summed E-state index contributed by atoms with van der Waals surface area (Å²) in [5.74, 6) is -0.383. The summed E-state index contributed by atoms with van der Waals surface area (Å²) >= 11 is 1.57. The van der Waals surface area contributed by atoms with Crippen molar-refractivity contribution < 1.29 is 17.9 Å². The highest BCUT2D eigenvalue weighted by molar-refractivity contribution is 8.00. The molecule has 1 aliphatic heterocycles. The Morgan fingerprint density at radius 2 is 1.80 bits per heavy atom. The van der Waals surface area contributed by atoms with Crippen molar-refractivity contribution in [2.24, 2.45) is 4.99 Å². The predicted molar refractivity (Wildman–Crippen MR) is 141 cm³/mol. The van der Waals surface area contributed by atoms with E-state index in [1.165, 1.54) is 18.3 Å². The van der Waals surface area contributed by atoms with Crippen LogP contribution in [0.3, 0.4) is 0 Å². The summed E-state index contributed by atoms with van der Waals surface area (Å²) in [6, 6.07) is 19.3. The summed E-state index contributed by atoms with van der Waals surface area (Å²) < 4.78 is 33.5. The average molecular weight is 510 g/mol. The van der Waals surface area contributed by atoms with Gasteiger partial charge in [0.2, 0.25) is 5.78 Å². The Labute approximate surface area is 210 Å². The molecule has 1 N–H and O–H groups in total. The summed E-state index contributed by atoms with van der Waals surface area (Å²) in [4.78, 5) is 21.0. The number of ether oxygens (including phenoxy) is 1. The van der Waals surface area contributed by atoms with Crippen molar-refractivity contribution in [2.45, 2.75) is 29.1 Å². The monoisotopic (exact) mass is 509 g/mol. The van der Waals surface area contributed by atoms with Crippen molar-refractivity contribution in [1.29, 1.82) is 0 Å². The Bertz CT molecular complexity index is 1360. The molecule has 0 aromatic heterocycles. The molecule has 0 spiro atoms. The van der Waals surface area contributed by atoms with E-state index in [4.69, 9.17) is 4.74 Å². The molecule has 0 aliphatic carbocycles. The van der Waals surface area contributed by atoms with E-state index in [1.807, 2.05) is 19.9 Å². The minimum absolute atomic E-state index is 0.128. The number of fused-ring (bicyclic) bond motifs is 1. The molecule has 0 fully saturated rings. The number of nitrogens with one attached hydrogen (secondary N) is 1. The number of benzene rings is 3. The fourth-order valence-electron chi connectivity index (χ4n) is 3.69. The second kappa shape index (κ2) is 10.6. The number of para-hydroxylation sites is 1. The zero-order valence-corrected chi connectivity index (χ0v) is 21.4. The highest BCUT2D eigenvalue weighted by atomic mass is 32.2. The molecule has 7 nitrogen and oxygen atoms in total. The quantitative estimate of drug-likeness (QED) is 0.326. The van der Waals surface area contributed by atoms with Gasteiger partial charge in [-0.05, 0) is 55.8 Å². The number of methoxy groups -OCH3 is 1. The summed E-state index contributed by atoms with van der Waals surface area (Å²) in [6.45, 7) is 5.07. The molecule has 0 amide bonds. The Kier molecular flexibility index (Phi) is 7.59. The Morgan fingerprint density at radius 3 is 2.54 bits per heavy atom. The van der Waals surface area contributed by atoms with E-state index in [9.17, 15) is 13.2 Å². The van der Waals surface area contributed by atoms with Crippen LogP contribution < -0.4 is 9.62 Å². The van der Waals surface area contributed by atoms with Crippen LogP contribution in [0.4, 0.5) is 11.4 Å². The highest BCUT2D eigenvalue weighted by Gasteiger charge is 2.29. The van der Waals surface area contributed by atoms with Gasteiger partial charge >= 0.3 is 0 Å². The fourth-order valence-corrected chi connectivity index (χ4v) is 6.02. The van der Waals surface area contributed by atoms with Crippen molar-refractivity contribution in [3.05, 3.63) is 83.4 Å². The summed E-state index contributed by atoms with van der Waals surface area (Å²) in [6.07, 6.45) is 1.27. The van der Waals surface area contributed by atoms with Gasteiger partial charge in [-0.15, -0.1) is 0 Å². The summed E-state index contributed by atoms with van der Waals surface area (Å²) in [7, 11) is -2.20. The minimum atomic E-state index is -3.85. The van der Waals surface area contributed by atoms with Crippen LogP contribution in [0.1, 0.15) is 21.5 Å². The van der Waals surface area contributed by atoms with Crippen LogP contribution in [0.5, 0.6) is 0 Å². The van der Waals surface area contributed by atoms with E-state index in [2.05, 4.69) is 26.7 Å². The first-order valence-electron chi connectivity index (χ1n) is 11.1. The van der Waals surface area contributed by atoms with Crippen LogP contribution >= 0.6 is 11.8 Å². The SMILES string of the molecule is COCCN1c2ccc(C)cc2SC1N=CC(=O)c1ccccc1NS(=O)(=O)c1ccc(C)cc1. The Morgan fingerprint density at radius 1 is 1.09 bits per heavy atom. The third-order valence-corrected chi connectivity index (χ3v) is 8.10. The molecule has 0 bridgehead atoms. The molecular formula is C26H27N3O4S2. The molecule has 3 aromatic rings. The lowest BCUT2D eigenvalue weighted by Gasteiger charge is -2.23.